The summed E-state index contributed by atoms with van der Waals surface area (Å²) in [6, 6.07) is 17.2. The van der Waals surface area contributed by atoms with E-state index in [0.717, 1.165) is 0 Å². The molecule has 0 spiro atoms. The van der Waals surface area contributed by atoms with Gasteiger partial charge in [0.1, 0.15) is 0 Å². The fourth-order valence-corrected chi connectivity index (χ4v) is 26.3. The zero-order chi connectivity index (χ0) is 17.3. The molecule has 24 heavy (non-hydrogen) atoms. The average Bonchev–Trinajstić information content (AvgIpc) is 3.13. The Morgan fingerprint density at radius 1 is 0.792 bits per heavy atom. The maximum absolute atomic E-state index is 7.84. The van der Waals surface area contributed by atoms with Crippen LogP contribution in [0.5, 0.6) is 0 Å². The Bertz CT molecular complexity index is 993. The number of hydrogen-bond donors (Lipinski definition) is 0. The van der Waals surface area contributed by atoms with Gasteiger partial charge in [0, 0.05) is 0 Å². The summed E-state index contributed by atoms with van der Waals surface area (Å²) in [6.45, 7) is 1.90. The van der Waals surface area contributed by atoms with Crippen LogP contribution in [0, 0.1) is 0 Å². The van der Waals surface area contributed by atoms with Crippen LogP contribution in [0.2, 0.25) is 12.9 Å². The van der Waals surface area contributed by atoms with Gasteiger partial charge in [0.2, 0.25) is 0 Å². The molecule has 0 saturated heterocycles. The Morgan fingerprint density at radius 3 is 1.67 bits per heavy atom. The molecule has 2 aromatic rings. The second kappa shape index (κ2) is 4.12. The van der Waals surface area contributed by atoms with Crippen molar-refractivity contribution < 1.29 is 12.0 Å². The zero-order valence-electron chi connectivity index (χ0n) is 14.0. The van der Waals surface area contributed by atoms with E-state index in [0.29, 0.717) is 0 Å². The fraction of sp³-hybridized carbons (Fsp3) is 0.200. The van der Waals surface area contributed by atoms with Gasteiger partial charge in [0.25, 0.3) is 0 Å². The van der Waals surface area contributed by atoms with Crippen molar-refractivity contribution in [3.05, 3.63) is 84.0 Å². The van der Waals surface area contributed by atoms with Crippen molar-refractivity contribution in [1.29, 1.82) is 0 Å². The summed E-state index contributed by atoms with van der Waals surface area (Å²) >= 11 is -5.26. The van der Waals surface area contributed by atoms with E-state index in [-0.39, 0.29) is 7.25 Å². The molecule has 0 atom stereocenters. The summed E-state index contributed by atoms with van der Waals surface area (Å²) in [7, 11) is 15.7. The summed E-state index contributed by atoms with van der Waals surface area (Å²) in [5, 5.41) is 0. The predicted octanol–water partition coefficient (Wildman–Crippen LogP) is 6.38. The third-order valence-corrected chi connectivity index (χ3v) is 31.7. The molecule has 0 heterocycles. The van der Waals surface area contributed by atoms with Crippen LogP contribution >= 0.6 is 17.0 Å². The van der Waals surface area contributed by atoms with Gasteiger partial charge in [-0.3, -0.25) is 0 Å². The molecule has 4 heteroatoms. The van der Waals surface area contributed by atoms with E-state index in [1.807, 2.05) is 6.88 Å². The normalized spacial score (nSPS) is 21.6. The van der Waals surface area contributed by atoms with Crippen LogP contribution in [0.1, 0.15) is 14.8 Å². The summed E-state index contributed by atoms with van der Waals surface area (Å²) in [6.07, 6.45) is 8.54. The number of fused-ring (bicyclic) bond motifs is 3. The van der Waals surface area contributed by atoms with E-state index in [4.69, 9.17) is 17.0 Å². The van der Waals surface area contributed by atoms with Crippen LogP contribution in [0.4, 0.5) is 0 Å². The molecule has 124 valence electrons. The summed E-state index contributed by atoms with van der Waals surface area (Å²) in [5.74, 6) is 0. The third kappa shape index (κ3) is 2.20. The molecule has 0 aliphatic heterocycles. The van der Waals surface area contributed by atoms with E-state index in [2.05, 4.69) is 82.1 Å². The third-order valence-electron chi connectivity index (χ3n) is 6.09. The van der Waals surface area contributed by atoms with Gasteiger partial charge in [-0.1, -0.05) is 0 Å². The van der Waals surface area contributed by atoms with Gasteiger partial charge < -0.3 is 0 Å². The van der Waals surface area contributed by atoms with Gasteiger partial charge in [0.15, 0.2) is 0 Å². The molecule has 2 aromatic carbocycles. The van der Waals surface area contributed by atoms with Crippen molar-refractivity contribution in [3.8, 4) is 11.1 Å². The molecule has 0 radical (unpaired) electrons. The Labute approximate surface area is 146 Å². The number of halogens is 2. The standard InChI is InChI=1S/C13H9.C5H5.2CH3.2ClH.H2Si.Zr/c1-3-7-12-10(5-1)9-11-6-2-4-8-13(11)12;1-2-4-5-3-1;;;;;;/h1-9H;1-5H;2*1H3;2*1H;1H2;/q;;;;;;;+2/p-2. The van der Waals surface area contributed by atoms with E-state index in [9.17, 15) is 0 Å². The van der Waals surface area contributed by atoms with Crippen molar-refractivity contribution in [1.82, 2.24) is 0 Å². The van der Waals surface area contributed by atoms with E-state index in [1.54, 1.807) is 0 Å². The topological polar surface area (TPSA) is 0 Å². The molecule has 0 aromatic heterocycles. The predicted molar refractivity (Wildman–Crippen MR) is 108 cm³/mol. The Balaban J connectivity index is 2.16. The monoisotopic (exact) mass is 450 g/mol. The Hall–Kier alpha value is -0.400. The van der Waals surface area contributed by atoms with Crippen LogP contribution in [0.25, 0.3) is 11.1 Å². The van der Waals surface area contributed by atoms with Crippen molar-refractivity contribution in [3.63, 3.8) is 0 Å². The zero-order valence-corrected chi connectivity index (χ0v) is 19.4. The minimum atomic E-state index is -5.26. The van der Waals surface area contributed by atoms with Crippen LogP contribution in [-0.4, -0.2) is 6.88 Å². The average molecular weight is 453 g/mol. The van der Waals surface area contributed by atoms with Crippen molar-refractivity contribution in [2.24, 2.45) is 0 Å². The van der Waals surface area contributed by atoms with Crippen LogP contribution in [0.15, 0.2) is 72.8 Å². The van der Waals surface area contributed by atoms with Crippen LogP contribution in [0.3, 0.4) is 0 Å². The van der Waals surface area contributed by atoms with E-state index < -0.39 is 12.0 Å². The molecular formula is C20H22Cl2SiZr. The van der Waals surface area contributed by atoms with Crippen LogP contribution < -0.4 is 0 Å². The fourth-order valence-electron chi connectivity index (χ4n) is 4.81. The van der Waals surface area contributed by atoms with Gasteiger partial charge in [-0.15, -0.1) is 0 Å². The minimum absolute atomic E-state index is 0.0354. The first-order valence-electron chi connectivity index (χ1n) is 8.46. The molecule has 2 aliphatic carbocycles. The second-order valence-corrected chi connectivity index (χ2v) is 77.7. The molecule has 0 nitrogen and oxygen atoms in total. The quantitative estimate of drug-likeness (QED) is 0.464. The number of benzene rings is 2. The first-order valence-corrected chi connectivity index (χ1v) is 28.5. The molecule has 0 bridgehead atoms. The maximum atomic E-state index is 7.84. The summed E-state index contributed by atoms with van der Waals surface area (Å²) in [4.78, 5) is 0. The first-order chi connectivity index (χ1) is 10.9. The molecule has 2 aliphatic rings. The molecule has 0 unspecified atom stereocenters. The summed E-state index contributed by atoms with van der Waals surface area (Å²) < 4.78 is 4.51. The van der Waals surface area contributed by atoms with Gasteiger partial charge in [-0.2, -0.15) is 0 Å². The van der Waals surface area contributed by atoms with Gasteiger partial charge in [0.05, 0.1) is 0 Å². The summed E-state index contributed by atoms with van der Waals surface area (Å²) in [5.41, 5.74) is 5.10. The molecule has 4 rings (SSSR count). The molecule has 0 amide bonds. The number of rotatable bonds is 2. The van der Waals surface area contributed by atoms with Gasteiger partial charge >= 0.3 is 148 Å². The van der Waals surface area contributed by atoms with Gasteiger partial charge in [-0.25, -0.2) is 0 Å². The Morgan fingerprint density at radius 2 is 1.21 bits per heavy atom. The molecular weight excluding hydrogens is 430 g/mol. The number of hydrogen-bond acceptors (Lipinski definition) is 0. The van der Waals surface area contributed by atoms with E-state index >= 15 is 0 Å². The molecule has 0 fully saturated rings. The first kappa shape index (κ1) is 17.0. The second-order valence-electron chi connectivity index (χ2n) is 9.37. The number of allylic oxidation sites excluding steroid dienone is 4. The SMILES string of the molecule is [CH3][Zr]([CH3])(=[SiH2])([Cl])([Cl])([CH]1C=CC=C1)[CH]1c2ccccc2-c2ccccc21. The van der Waals surface area contributed by atoms with Crippen molar-refractivity contribution in [2.75, 3.05) is 0 Å². The Kier molecular flexibility index (Phi) is 2.92. The van der Waals surface area contributed by atoms with Gasteiger partial charge in [-0.05, 0) is 0 Å². The van der Waals surface area contributed by atoms with Crippen LogP contribution in [-0.2, 0) is 12.0 Å². The molecule has 0 saturated carbocycles. The molecule has 0 N–H and O–H groups in total. The van der Waals surface area contributed by atoms with Crippen molar-refractivity contribution >= 4 is 23.9 Å². The van der Waals surface area contributed by atoms with Crippen molar-refractivity contribution in [2.45, 2.75) is 16.5 Å². The van der Waals surface area contributed by atoms with E-state index in [1.165, 1.54) is 22.3 Å².